The van der Waals surface area contributed by atoms with Gasteiger partial charge in [0.2, 0.25) is 5.91 Å². The number of carboxylic acid groups (broad SMARTS) is 1. The molecule has 4 rings (SSSR count). The first-order chi connectivity index (χ1) is 13.0. The molecule has 3 heterocycles. The number of aliphatic carboxylic acids is 1. The molecule has 27 heavy (non-hydrogen) atoms. The minimum Gasteiger partial charge on any atom is -0.480 e. The average molecular weight is 375 g/mol. The van der Waals surface area contributed by atoms with Gasteiger partial charge in [-0.2, -0.15) is 0 Å². The van der Waals surface area contributed by atoms with Crippen LogP contribution in [0.3, 0.4) is 0 Å². The molecule has 2 aliphatic heterocycles. The van der Waals surface area contributed by atoms with Crippen molar-refractivity contribution in [2.24, 2.45) is 11.3 Å². The SMILES string of the molecule is O=C(O)[C@H]1CC2(CCN(C(=O)NCc3ccco3)CC2)CN1C(=O)C1CC1. The van der Waals surface area contributed by atoms with Crippen molar-refractivity contribution in [2.75, 3.05) is 19.6 Å². The van der Waals surface area contributed by atoms with Crippen LogP contribution in [0.5, 0.6) is 0 Å². The second kappa shape index (κ2) is 6.90. The second-order valence-corrected chi connectivity index (χ2v) is 8.02. The highest BCUT2D eigenvalue weighted by Crippen LogP contribution is 2.45. The molecule has 1 atom stereocenters. The zero-order valence-electron chi connectivity index (χ0n) is 15.2. The van der Waals surface area contributed by atoms with E-state index in [1.807, 2.05) is 6.07 Å². The van der Waals surface area contributed by atoms with Crippen molar-refractivity contribution in [3.05, 3.63) is 24.2 Å². The summed E-state index contributed by atoms with van der Waals surface area (Å²) in [5, 5.41) is 12.4. The average Bonchev–Trinajstić information content (AvgIpc) is 3.25. The van der Waals surface area contributed by atoms with Gasteiger partial charge in [0.1, 0.15) is 11.8 Å². The molecule has 1 aliphatic carbocycles. The number of carboxylic acids is 1. The number of nitrogens with one attached hydrogen (secondary N) is 1. The van der Waals surface area contributed by atoms with Crippen LogP contribution < -0.4 is 5.32 Å². The van der Waals surface area contributed by atoms with Gasteiger partial charge in [0.15, 0.2) is 0 Å². The number of hydrogen-bond donors (Lipinski definition) is 2. The summed E-state index contributed by atoms with van der Waals surface area (Å²) in [7, 11) is 0. The van der Waals surface area contributed by atoms with Crippen LogP contribution in [0, 0.1) is 11.3 Å². The summed E-state index contributed by atoms with van der Waals surface area (Å²) >= 11 is 0. The van der Waals surface area contributed by atoms with Gasteiger partial charge < -0.3 is 24.6 Å². The number of rotatable bonds is 4. The van der Waals surface area contributed by atoms with Crippen molar-refractivity contribution in [1.29, 1.82) is 0 Å². The summed E-state index contributed by atoms with van der Waals surface area (Å²) < 4.78 is 5.21. The Hall–Kier alpha value is -2.51. The molecular formula is C19H25N3O5. The Balaban J connectivity index is 1.34. The van der Waals surface area contributed by atoms with Crippen molar-refractivity contribution >= 4 is 17.9 Å². The number of piperidine rings is 1. The Bertz CT molecular complexity index is 720. The lowest BCUT2D eigenvalue weighted by molar-refractivity contribution is -0.148. The Kier molecular flexibility index (Phi) is 4.57. The Morgan fingerprint density at radius 1 is 1.26 bits per heavy atom. The number of urea groups is 1. The lowest BCUT2D eigenvalue weighted by atomic mass is 9.76. The smallest absolute Gasteiger partial charge is 0.326 e. The maximum Gasteiger partial charge on any atom is 0.326 e. The first-order valence-electron chi connectivity index (χ1n) is 9.56. The molecule has 1 aromatic rings. The third-order valence-corrected chi connectivity index (χ3v) is 6.11. The number of hydrogen-bond acceptors (Lipinski definition) is 4. The van der Waals surface area contributed by atoms with Crippen molar-refractivity contribution in [1.82, 2.24) is 15.1 Å². The summed E-state index contributed by atoms with van der Waals surface area (Å²) in [5.41, 5.74) is -0.189. The molecule has 0 bridgehead atoms. The van der Waals surface area contributed by atoms with E-state index in [0.29, 0.717) is 38.4 Å². The number of carbonyl (C=O) groups is 3. The van der Waals surface area contributed by atoms with Crippen molar-refractivity contribution in [2.45, 2.75) is 44.7 Å². The highest BCUT2D eigenvalue weighted by molar-refractivity contribution is 5.87. The second-order valence-electron chi connectivity index (χ2n) is 8.02. The van der Waals surface area contributed by atoms with Gasteiger partial charge in [-0.15, -0.1) is 0 Å². The minimum absolute atomic E-state index is 0.00195. The van der Waals surface area contributed by atoms with E-state index in [0.717, 1.165) is 25.7 Å². The molecule has 1 aromatic heterocycles. The van der Waals surface area contributed by atoms with Crippen LogP contribution in [0.2, 0.25) is 0 Å². The monoisotopic (exact) mass is 375 g/mol. The largest absolute Gasteiger partial charge is 0.480 e. The highest BCUT2D eigenvalue weighted by Gasteiger charge is 2.52. The predicted molar refractivity (Wildman–Crippen MR) is 94.7 cm³/mol. The minimum atomic E-state index is -0.917. The zero-order valence-corrected chi connectivity index (χ0v) is 15.2. The molecule has 3 aliphatic rings. The molecule has 0 unspecified atom stereocenters. The van der Waals surface area contributed by atoms with Gasteiger partial charge in [-0.25, -0.2) is 9.59 Å². The molecule has 2 saturated heterocycles. The van der Waals surface area contributed by atoms with Crippen LogP contribution in [-0.2, 0) is 16.1 Å². The highest BCUT2D eigenvalue weighted by atomic mass is 16.4. The third-order valence-electron chi connectivity index (χ3n) is 6.11. The van der Waals surface area contributed by atoms with Gasteiger partial charge in [0.25, 0.3) is 0 Å². The molecular weight excluding hydrogens is 350 g/mol. The van der Waals surface area contributed by atoms with Crippen LogP contribution in [0.1, 0.15) is 37.9 Å². The fraction of sp³-hybridized carbons (Fsp3) is 0.632. The fourth-order valence-corrected chi connectivity index (χ4v) is 4.31. The number of furan rings is 1. The third kappa shape index (κ3) is 3.65. The summed E-state index contributed by atoms with van der Waals surface area (Å²) in [6.45, 7) is 1.99. The van der Waals surface area contributed by atoms with Crippen molar-refractivity contribution in [3.63, 3.8) is 0 Å². The molecule has 8 nitrogen and oxygen atoms in total. The van der Waals surface area contributed by atoms with E-state index < -0.39 is 12.0 Å². The van der Waals surface area contributed by atoms with Crippen molar-refractivity contribution in [3.8, 4) is 0 Å². The molecule has 146 valence electrons. The van der Waals surface area contributed by atoms with Gasteiger partial charge in [0, 0.05) is 25.6 Å². The molecule has 2 N–H and O–H groups in total. The Morgan fingerprint density at radius 2 is 2.00 bits per heavy atom. The first kappa shape index (κ1) is 17.9. The molecule has 3 amide bonds. The van der Waals surface area contributed by atoms with E-state index in [9.17, 15) is 19.5 Å². The number of carbonyl (C=O) groups excluding carboxylic acids is 2. The van der Waals surface area contributed by atoms with Gasteiger partial charge in [-0.3, -0.25) is 4.79 Å². The van der Waals surface area contributed by atoms with Gasteiger partial charge in [-0.1, -0.05) is 0 Å². The Morgan fingerprint density at radius 3 is 2.59 bits per heavy atom. The zero-order chi connectivity index (χ0) is 19.0. The lowest BCUT2D eigenvalue weighted by Gasteiger charge is -2.39. The van der Waals surface area contributed by atoms with Gasteiger partial charge >= 0.3 is 12.0 Å². The maximum absolute atomic E-state index is 12.5. The number of nitrogens with zero attached hydrogens (tertiary/aromatic N) is 2. The van der Waals surface area contributed by atoms with E-state index >= 15 is 0 Å². The molecule has 8 heteroatoms. The van der Waals surface area contributed by atoms with Crippen LogP contribution in [0.4, 0.5) is 4.79 Å². The normalized spacial score (nSPS) is 24.2. The fourth-order valence-electron chi connectivity index (χ4n) is 4.31. The lowest BCUT2D eigenvalue weighted by Crippen LogP contribution is -2.48. The van der Waals surface area contributed by atoms with Gasteiger partial charge in [0.05, 0.1) is 12.8 Å². The van der Waals surface area contributed by atoms with Crippen LogP contribution in [0.25, 0.3) is 0 Å². The maximum atomic E-state index is 12.5. The van der Waals surface area contributed by atoms with E-state index in [2.05, 4.69) is 5.32 Å². The summed E-state index contributed by atoms with van der Waals surface area (Å²) in [5.74, 6) is -0.196. The summed E-state index contributed by atoms with van der Waals surface area (Å²) in [6, 6.07) is 2.72. The van der Waals surface area contributed by atoms with Crippen LogP contribution in [0.15, 0.2) is 22.8 Å². The standard InChI is InChI=1S/C19H25N3O5/c23-16(13-3-4-13)22-12-19(10-15(22)17(24)25)5-7-21(8-6-19)18(26)20-11-14-2-1-9-27-14/h1-2,9,13,15H,3-8,10-12H2,(H,20,26)(H,24,25)/t15-/m1/s1. The summed E-state index contributed by atoms with van der Waals surface area (Å²) in [4.78, 5) is 39.9. The number of likely N-dealkylation sites (tertiary alicyclic amines) is 2. The quantitative estimate of drug-likeness (QED) is 0.833. The van der Waals surface area contributed by atoms with E-state index in [1.165, 1.54) is 0 Å². The topological polar surface area (TPSA) is 103 Å². The first-order valence-corrected chi connectivity index (χ1v) is 9.56. The van der Waals surface area contributed by atoms with E-state index in [4.69, 9.17) is 4.42 Å². The molecule has 1 spiro atoms. The van der Waals surface area contributed by atoms with Gasteiger partial charge in [-0.05, 0) is 49.7 Å². The van der Waals surface area contributed by atoms with E-state index in [-0.39, 0.29) is 23.3 Å². The molecule has 3 fully saturated rings. The summed E-state index contributed by atoms with van der Waals surface area (Å²) in [6.07, 6.45) is 5.25. The Labute approximate surface area is 157 Å². The molecule has 0 aromatic carbocycles. The van der Waals surface area contributed by atoms with Crippen molar-refractivity contribution < 1.29 is 23.9 Å². The van der Waals surface area contributed by atoms with Crippen LogP contribution in [-0.4, -0.2) is 58.5 Å². The molecule has 0 radical (unpaired) electrons. The van der Waals surface area contributed by atoms with E-state index in [1.54, 1.807) is 22.1 Å². The predicted octanol–water partition coefficient (Wildman–Crippen LogP) is 1.67. The molecule has 1 saturated carbocycles. The number of amides is 3. The van der Waals surface area contributed by atoms with Crippen LogP contribution >= 0.6 is 0 Å².